The van der Waals surface area contributed by atoms with E-state index in [1.54, 1.807) is 32.1 Å². The zero-order chi connectivity index (χ0) is 12.8. The second-order valence-corrected chi connectivity index (χ2v) is 7.96. The molecule has 1 saturated heterocycles. The molecule has 19 heavy (non-hydrogen) atoms. The Morgan fingerprint density at radius 3 is 2.32 bits per heavy atom. The maximum absolute atomic E-state index is 3.32. The molecule has 5 fully saturated rings. The molecule has 1 atom stereocenters. The molecule has 1 aliphatic heterocycles. The van der Waals surface area contributed by atoms with Gasteiger partial charge in [-0.1, -0.05) is 0 Å². The first-order valence-corrected chi connectivity index (χ1v) is 8.72. The maximum Gasteiger partial charge on any atom is 0.0152 e. The monoisotopic (exact) mass is 262 g/mol. The Hall–Kier alpha value is -0.0800. The van der Waals surface area contributed by atoms with E-state index in [1.165, 1.54) is 32.5 Å². The summed E-state index contributed by atoms with van der Waals surface area (Å²) in [7, 11) is 2.09. The molecule has 0 aromatic heterocycles. The van der Waals surface area contributed by atoms with Crippen molar-refractivity contribution in [3.8, 4) is 0 Å². The van der Waals surface area contributed by atoms with Crippen molar-refractivity contribution in [1.29, 1.82) is 0 Å². The van der Waals surface area contributed by atoms with Crippen molar-refractivity contribution < 1.29 is 0 Å². The van der Waals surface area contributed by atoms with Crippen LogP contribution in [-0.2, 0) is 0 Å². The molecule has 0 spiro atoms. The van der Waals surface area contributed by atoms with Crippen LogP contribution in [0.3, 0.4) is 0 Å². The third-order valence-corrected chi connectivity index (χ3v) is 6.72. The standard InChI is InChI=1S/C17H30N2/c1-18-4-2-12-3-5-19(11-12)17-15-7-13-6-14(9-15)10-16(17)8-13/h12-18H,2-11H2,1H3. The number of nitrogens with one attached hydrogen (secondary N) is 1. The van der Waals surface area contributed by atoms with Crippen LogP contribution in [0, 0.1) is 29.6 Å². The molecule has 0 radical (unpaired) electrons. The van der Waals surface area contributed by atoms with Crippen molar-refractivity contribution >= 4 is 0 Å². The first-order chi connectivity index (χ1) is 9.33. The predicted octanol–water partition coefficient (Wildman–Crippen LogP) is 2.74. The predicted molar refractivity (Wildman–Crippen MR) is 79.1 cm³/mol. The van der Waals surface area contributed by atoms with Crippen LogP contribution in [0.2, 0.25) is 0 Å². The average molecular weight is 262 g/mol. The van der Waals surface area contributed by atoms with Gasteiger partial charge in [-0.3, -0.25) is 4.90 Å². The third kappa shape index (κ3) is 2.25. The highest BCUT2D eigenvalue weighted by atomic mass is 15.2. The molecule has 4 bridgehead atoms. The lowest BCUT2D eigenvalue weighted by molar-refractivity contribution is -0.0593. The van der Waals surface area contributed by atoms with E-state index in [1.807, 2.05) is 0 Å². The van der Waals surface area contributed by atoms with E-state index in [0.29, 0.717) is 0 Å². The molecule has 0 aromatic carbocycles. The Bertz CT molecular complexity index is 299. The van der Waals surface area contributed by atoms with Gasteiger partial charge in [0.1, 0.15) is 0 Å². The molecule has 4 saturated carbocycles. The zero-order valence-electron chi connectivity index (χ0n) is 12.5. The van der Waals surface area contributed by atoms with Crippen molar-refractivity contribution in [1.82, 2.24) is 10.2 Å². The fraction of sp³-hybridized carbons (Fsp3) is 1.00. The fourth-order valence-electron chi connectivity index (χ4n) is 6.21. The smallest absolute Gasteiger partial charge is 0.0152 e. The highest BCUT2D eigenvalue weighted by molar-refractivity contribution is 5.03. The summed E-state index contributed by atoms with van der Waals surface area (Å²) in [6, 6.07) is 0.993. The number of rotatable bonds is 4. The lowest BCUT2D eigenvalue weighted by atomic mass is 9.54. The molecule has 1 heterocycles. The van der Waals surface area contributed by atoms with Crippen LogP contribution >= 0.6 is 0 Å². The van der Waals surface area contributed by atoms with Crippen LogP contribution in [0.5, 0.6) is 0 Å². The van der Waals surface area contributed by atoms with Gasteiger partial charge in [0, 0.05) is 12.6 Å². The molecule has 4 aliphatic carbocycles. The first-order valence-electron chi connectivity index (χ1n) is 8.72. The van der Waals surface area contributed by atoms with Crippen molar-refractivity contribution in [3.63, 3.8) is 0 Å². The molecule has 2 nitrogen and oxygen atoms in total. The summed E-state index contributed by atoms with van der Waals surface area (Å²) in [5.41, 5.74) is 0. The average Bonchev–Trinajstić information content (AvgIpc) is 2.83. The Kier molecular flexibility index (Phi) is 3.35. The summed E-state index contributed by atoms with van der Waals surface area (Å²) in [5, 5.41) is 3.32. The quantitative estimate of drug-likeness (QED) is 0.838. The molecular formula is C17H30N2. The molecule has 1 N–H and O–H groups in total. The Balaban J connectivity index is 1.40. The molecule has 5 rings (SSSR count). The van der Waals surface area contributed by atoms with E-state index >= 15 is 0 Å². The van der Waals surface area contributed by atoms with Crippen LogP contribution in [0.15, 0.2) is 0 Å². The van der Waals surface area contributed by atoms with Gasteiger partial charge in [-0.05, 0) is 94.7 Å². The van der Waals surface area contributed by atoms with E-state index in [4.69, 9.17) is 0 Å². The number of hydrogen-bond acceptors (Lipinski definition) is 2. The van der Waals surface area contributed by atoms with Crippen molar-refractivity contribution in [3.05, 3.63) is 0 Å². The molecule has 1 unspecified atom stereocenters. The van der Waals surface area contributed by atoms with Crippen LogP contribution in [0.25, 0.3) is 0 Å². The summed E-state index contributed by atoms with van der Waals surface area (Å²) < 4.78 is 0. The summed E-state index contributed by atoms with van der Waals surface area (Å²) in [6.45, 7) is 4.02. The second-order valence-electron chi connectivity index (χ2n) is 7.96. The van der Waals surface area contributed by atoms with Crippen molar-refractivity contribution in [2.75, 3.05) is 26.7 Å². The van der Waals surface area contributed by atoms with Gasteiger partial charge in [-0.25, -0.2) is 0 Å². The van der Waals surface area contributed by atoms with Crippen LogP contribution in [0.4, 0.5) is 0 Å². The maximum atomic E-state index is 3.32. The number of hydrogen-bond donors (Lipinski definition) is 1. The van der Waals surface area contributed by atoms with E-state index < -0.39 is 0 Å². The van der Waals surface area contributed by atoms with Gasteiger partial charge in [0.15, 0.2) is 0 Å². The normalized spacial score (nSPS) is 49.1. The molecule has 108 valence electrons. The van der Waals surface area contributed by atoms with E-state index in [2.05, 4.69) is 17.3 Å². The van der Waals surface area contributed by atoms with E-state index in [0.717, 1.165) is 35.6 Å². The minimum Gasteiger partial charge on any atom is -0.320 e. The van der Waals surface area contributed by atoms with Gasteiger partial charge in [-0.15, -0.1) is 0 Å². The van der Waals surface area contributed by atoms with Gasteiger partial charge in [0.25, 0.3) is 0 Å². The Labute approximate surface area is 118 Å². The second kappa shape index (κ2) is 5.04. The largest absolute Gasteiger partial charge is 0.320 e. The summed E-state index contributed by atoms with van der Waals surface area (Å²) in [4.78, 5) is 2.92. The van der Waals surface area contributed by atoms with Gasteiger partial charge >= 0.3 is 0 Å². The fourth-order valence-corrected chi connectivity index (χ4v) is 6.21. The highest BCUT2D eigenvalue weighted by Gasteiger charge is 2.50. The SMILES string of the molecule is CNCCC1CCN(C2C3CC4CC(C3)CC2C4)C1. The molecule has 2 heteroatoms. The van der Waals surface area contributed by atoms with E-state index in [-0.39, 0.29) is 0 Å². The minimum absolute atomic E-state index is 0.977. The first kappa shape index (κ1) is 12.6. The topological polar surface area (TPSA) is 15.3 Å². The van der Waals surface area contributed by atoms with Gasteiger partial charge < -0.3 is 5.32 Å². The summed E-state index contributed by atoms with van der Waals surface area (Å²) >= 11 is 0. The van der Waals surface area contributed by atoms with Crippen LogP contribution in [0.1, 0.15) is 44.9 Å². The van der Waals surface area contributed by atoms with Gasteiger partial charge in [-0.2, -0.15) is 0 Å². The number of nitrogens with zero attached hydrogens (tertiary/aromatic N) is 1. The minimum atomic E-state index is 0.977. The third-order valence-electron chi connectivity index (χ3n) is 6.72. The lowest BCUT2D eigenvalue weighted by Crippen LogP contribution is -2.55. The van der Waals surface area contributed by atoms with Crippen LogP contribution in [-0.4, -0.2) is 37.6 Å². The molecule has 0 aromatic rings. The highest BCUT2D eigenvalue weighted by Crippen LogP contribution is 2.55. The zero-order valence-corrected chi connectivity index (χ0v) is 12.5. The molecule has 5 aliphatic rings. The van der Waals surface area contributed by atoms with Crippen molar-refractivity contribution in [2.45, 2.75) is 51.0 Å². The summed E-state index contributed by atoms with van der Waals surface area (Å²) in [6.07, 6.45) is 10.8. The molecule has 0 amide bonds. The lowest BCUT2D eigenvalue weighted by Gasteiger charge is -2.56. The number of likely N-dealkylation sites (tertiary alicyclic amines) is 1. The Morgan fingerprint density at radius 1 is 1.00 bits per heavy atom. The Morgan fingerprint density at radius 2 is 1.68 bits per heavy atom. The van der Waals surface area contributed by atoms with Gasteiger partial charge in [0.2, 0.25) is 0 Å². The van der Waals surface area contributed by atoms with Crippen molar-refractivity contribution in [2.24, 2.45) is 29.6 Å². The summed E-state index contributed by atoms with van der Waals surface area (Å²) in [5.74, 6) is 5.39. The molecular weight excluding hydrogens is 232 g/mol. The van der Waals surface area contributed by atoms with Gasteiger partial charge in [0.05, 0.1) is 0 Å². The van der Waals surface area contributed by atoms with E-state index in [9.17, 15) is 0 Å². The van der Waals surface area contributed by atoms with Crippen LogP contribution < -0.4 is 5.32 Å².